The summed E-state index contributed by atoms with van der Waals surface area (Å²) in [5, 5.41) is 4.16. The average Bonchev–Trinajstić information content (AvgIpc) is 2.46. The molecule has 2 fully saturated rings. The Bertz CT molecular complexity index is 335. The molecule has 2 bridgehead atoms. The summed E-state index contributed by atoms with van der Waals surface area (Å²) >= 11 is 0. The minimum Gasteiger partial charge on any atom is -0.350 e. The van der Waals surface area contributed by atoms with Crippen molar-refractivity contribution in [1.82, 2.24) is 5.43 Å². The van der Waals surface area contributed by atoms with Gasteiger partial charge in [-0.25, -0.2) is 10.2 Å². The maximum atomic E-state index is 10.6. The number of fused-ring (bicyclic) bond motifs is 2. The molecule has 0 aromatic heterocycles. The molecule has 2 atom stereocenters. The molecule has 0 saturated heterocycles. The summed E-state index contributed by atoms with van der Waals surface area (Å²) in [7, 11) is 0. The van der Waals surface area contributed by atoms with E-state index in [0.29, 0.717) is 11.3 Å². The van der Waals surface area contributed by atoms with Crippen molar-refractivity contribution in [3.63, 3.8) is 0 Å². The van der Waals surface area contributed by atoms with Crippen molar-refractivity contribution >= 4 is 11.7 Å². The Hall–Kier alpha value is -1.06. The zero-order chi connectivity index (χ0) is 11.3. The van der Waals surface area contributed by atoms with Gasteiger partial charge >= 0.3 is 6.03 Å². The molecule has 2 saturated carbocycles. The highest BCUT2D eigenvalue weighted by Crippen LogP contribution is 2.63. The van der Waals surface area contributed by atoms with Gasteiger partial charge < -0.3 is 5.73 Å². The Labute approximate surface area is 90.3 Å². The smallest absolute Gasteiger partial charge is 0.332 e. The molecule has 0 spiro atoms. The van der Waals surface area contributed by atoms with Crippen LogP contribution in [0.25, 0.3) is 0 Å². The summed E-state index contributed by atoms with van der Waals surface area (Å²) in [5.74, 6) is 0.705. The number of urea groups is 1. The number of carbonyl (C=O) groups is 1. The van der Waals surface area contributed by atoms with Crippen molar-refractivity contribution < 1.29 is 4.79 Å². The number of nitrogens with two attached hydrogens (primary N) is 1. The number of nitrogens with zero attached hydrogens (tertiary/aromatic N) is 1. The normalized spacial score (nSPS) is 39.7. The molecule has 0 aliphatic heterocycles. The van der Waals surface area contributed by atoms with Gasteiger partial charge in [-0.05, 0) is 30.6 Å². The van der Waals surface area contributed by atoms with Gasteiger partial charge in [-0.1, -0.05) is 20.8 Å². The Kier molecular flexibility index (Phi) is 2.07. The van der Waals surface area contributed by atoms with Gasteiger partial charge in [0.15, 0.2) is 0 Å². The lowest BCUT2D eigenvalue weighted by Crippen LogP contribution is -2.35. The summed E-state index contributed by atoms with van der Waals surface area (Å²) in [6.45, 7) is 6.86. The van der Waals surface area contributed by atoms with Gasteiger partial charge in [-0.15, -0.1) is 0 Å². The van der Waals surface area contributed by atoms with Crippen molar-refractivity contribution in [2.45, 2.75) is 40.0 Å². The quantitative estimate of drug-likeness (QED) is 0.636. The second-order valence-corrected chi connectivity index (χ2v) is 5.53. The van der Waals surface area contributed by atoms with Crippen LogP contribution in [0.4, 0.5) is 4.79 Å². The van der Waals surface area contributed by atoms with E-state index in [-0.39, 0.29) is 5.41 Å². The first-order valence-corrected chi connectivity index (χ1v) is 5.50. The van der Waals surface area contributed by atoms with Gasteiger partial charge in [0.25, 0.3) is 0 Å². The predicted octanol–water partition coefficient (Wildman–Crippen LogP) is 1.86. The first-order valence-electron chi connectivity index (χ1n) is 5.50. The largest absolute Gasteiger partial charge is 0.350 e. The monoisotopic (exact) mass is 209 g/mol. The fourth-order valence-electron chi connectivity index (χ4n) is 3.22. The summed E-state index contributed by atoms with van der Waals surface area (Å²) in [6.07, 6.45) is 3.45. The number of hydrogen-bond acceptors (Lipinski definition) is 2. The molecule has 84 valence electrons. The van der Waals surface area contributed by atoms with Gasteiger partial charge in [0.05, 0.1) is 0 Å². The molecule has 2 aliphatic rings. The number of nitrogens with one attached hydrogen (secondary N) is 1. The summed E-state index contributed by atoms with van der Waals surface area (Å²) in [4.78, 5) is 10.6. The lowest BCUT2D eigenvalue weighted by atomic mass is 9.70. The molecule has 0 heterocycles. The number of hydrazone groups is 1. The molecule has 2 amide bonds. The molecule has 4 nitrogen and oxygen atoms in total. The molecule has 0 unspecified atom stereocenters. The zero-order valence-electron chi connectivity index (χ0n) is 9.63. The van der Waals surface area contributed by atoms with E-state index in [4.69, 9.17) is 5.73 Å². The standard InChI is InChI=1S/C11H19N3O/c1-10(2)7-4-5-11(10,3)8(6-7)13-14-9(12)15/h7H,4-6H2,1-3H3,(H3,12,14,15)/t7-,11+/m1/s1. The minimum absolute atomic E-state index is 0.139. The first-order chi connectivity index (χ1) is 6.88. The maximum absolute atomic E-state index is 10.6. The Morgan fingerprint density at radius 1 is 1.53 bits per heavy atom. The molecule has 4 heteroatoms. The topological polar surface area (TPSA) is 67.5 Å². The molecule has 15 heavy (non-hydrogen) atoms. The van der Waals surface area contributed by atoms with Crippen LogP contribution in [-0.4, -0.2) is 11.7 Å². The lowest BCUT2D eigenvalue weighted by Gasteiger charge is -2.34. The molecular formula is C11H19N3O. The van der Waals surface area contributed by atoms with E-state index in [1.165, 1.54) is 12.8 Å². The number of amides is 2. The summed E-state index contributed by atoms with van der Waals surface area (Å²) < 4.78 is 0. The molecule has 2 aliphatic carbocycles. The number of carbonyl (C=O) groups excluding carboxylic acids is 1. The van der Waals surface area contributed by atoms with Crippen LogP contribution in [-0.2, 0) is 0 Å². The number of rotatable bonds is 1. The van der Waals surface area contributed by atoms with Crippen molar-refractivity contribution in [2.24, 2.45) is 27.6 Å². The second-order valence-electron chi connectivity index (χ2n) is 5.53. The SMILES string of the molecule is CC1(C)[C@@H]2CC[C@@]1(C)C(=NNC(N)=O)C2. The van der Waals surface area contributed by atoms with Crippen LogP contribution in [0.3, 0.4) is 0 Å². The number of primary amides is 1. The third kappa shape index (κ3) is 1.27. The minimum atomic E-state index is -0.577. The van der Waals surface area contributed by atoms with E-state index in [2.05, 4.69) is 31.3 Å². The van der Waals surface area contributed by atoms with Crippen LogP contribution >= 0.6 is 0 Å². The fourth-order valence-corrected chi connectivity index (χ4v) is 3.22. The van der Waals surface area contributed by atoms with E-state index in [9.17, 15) is 4.79 Å². The van der Waals surface area contributed by atoms with Crippen LogP contribution in [0.15, 0.2) is 5.10 Å². The summed E-state index contributed by atoms with van der Waals surface area (Å²) in [5.41, 5.74) is 8.93. The van der Waals surface area contributed by atoms with Crippen LogP contribution in [0.5, 0.6) is 0 Å². The molecule has 3 N–H and O–H groups in total. The maximum Gasteiger partial charge on any atom is 0.332 e. The van der Waals surface area contributed by atoms with Crippen molar-refractivity contribution in [2.75, 3.05) is 0 Å². The van der Waals surface area contributed by atoms with Crippen molar-refractivity contribution in [1.29, 1.82) is 0 Å². The Morgan fingerprint density at radius 2 is 2.20 bits per heavy atom. The van der Waals surface area contributed by atoms with Crippen molar-refractivity contribution in [3.8, 4) is 0 Å². The second kappa shape index (κ2) is 2.97. The van der Waals surface area contributed by atoms with Crippen LogP contribution < -0.4 is 11.2 Å². The van der Waals surface area contributed by atoms with Crippen LogP contribution in [0.2, 0.25) is 0 Å². The first kappa shape index (κ1) is 10.5. The number of hydrogen-bond donors (Lipinski definition) is 2. The molecule has 0 aromatic carbocycles. The molecule has 0 radical (unpaired) electrons. The highest BCUT2D eigenvalue weighted by Gasteiger charge is 2.59. The van der Waals surface area contributed by atoms with E-state index in [1.807, 2.05) is 0 Å². The van der Waals surface area contributed by atoms with E-state index < -0.39 is 6.03 Å². The van der Waals surface area contributed by atoms with Gasteiger partial charge in [0.2, 0.25) is 0 Å². The van der Waals surface area contributed by atoms with Gasteiger partial charge in [0, 0.05) is 11.1 Å². The highest BCUT2D eigenvalue weighted by atomic mass is 16.2. The van der Waals surface area contributed by atoms with Crippen molar-refractivity contribution in [3.05, 3.63) is 0 Å². The highest BCUT2D eigenvalue weighted by molar-refractivity contribution is 5.94. The molecular weight excluding hydrogens is 190 g/mol. The lowest BCUT2D eigenvalue weighted by molar-refractivity contribution is 0.193. The van der Waals surface area contributed by atoms with Gasteiger partial charge in [-0.2, -0.15) is 5.10 Å². The van der Waals surface area contributed by atoms with Gasteiger partial charge in [0.1, 0.15) is 0 Å². The van der Waals surface area contributed by atoms with Gasteiger partial charge in [-0.3, -0.25) is 0 Å². The average molecular weight is 209 g/mol. The third-order valence-electron chi connectivity index (χ3n) is 4.81. The molecule has 2 rings (SSSR count). The molecule has 0 aromatic rings. The van der Waals surface area contributed by atoms with Crippen LogP contribution in [0, 0.1) is 16.7 Å². The summed E-state index contributed by atoms with van der Waals surface area (Å²) in [6, 6.07) is -0.577. The Morgan fingerprint density at radius 3 is 2.60 bits per heavy atom. The predicted molar refractivity (Wildman–Crippen MR) is 59.4 cm³/mol. The van der Waals surface area contributed by atoms with E-state index in [0.717, 1.165) is 12.1 Å². The Balaban J connectivity index is 2.26. The van der Waals surface area contributed by atoms with Crippen LogP contribution in [0.1, 0.15) is 40.0 Å². The zero-order valence-corrected chi connectivity index (χ0v) is 9.63. The fraction of sp³-hybridized carbons (Fsp3) is 0.818. The van der Waals surface area contributed by atoms with E-state index >= 15 is 0 Å². The van der Waals surface area contributed by atoms with E-state index in [1.54, 1.807) is 0 Å². The third-order valence-corrected chi connectivity index (χ3v) is 4.81.